The molecule has 3 heteroatoms. The van der Waals surface area contributed by atoms with Gasteiger partial charge >= 0.3 is 5.97 Å². The summed E-state index contributed by atoms with van der Waals surface area (Å²) in [4.78, 5) is 10.3. The Balaban J connectivity index is 0.00000114. The van der Waals surface area contributed by atoms with Crippen LogP contribution in [0.25, 0.3) is 0 Å². The van der Waals surface area contributed by atoms with Crippen LogP contribution in [0.2, 0.25) is 0 Å². The highest BCUT2D eigenvalue weighted by molar-refractivity contribution is 5.66. The van der Waals surface area contributed by atoms with Crippen molar-refractivity contribution in [2.75, 3.05) is 6.61 Å². The monoisotopic (exact) mass is 342 g/mol. The average molecular weight is 343 g/mol. The lowest BCUT2D eigenvalue weighted by molar-refractivity contribution is -0.137. The number of carbonyl (C=O) groups is 1. The van der Waals surface area contributed by atoms with Gasteiger partial charge in [-0.15, -0.1) is 0 Å². The topological polar surface area (TPSA) is 49.8 Å². The maximum atomic E-state index is 10.3. The van der Waals surface area contributed by atoms with Gasteiger partial charge in [0.15, 0.2) is 0 Å². The predicted octanol–water partition coefficient (Wildman–Crippen LogP) is 6.74. The van der Waals surface area contributed by atoms with Crippen molar-refractivity contribution in [3.05, 3.63) is 0 Å². The Morgan fingerprint density at radius 2 is 1.08 bits per heavy atom. The molecule has 1 rings (SSSR count). The quantitative estimate of drug-likeness (QED) is 0.250. The number of epoxide rings is 1. The fraction of sp³-hybridized carbons (Fsp3) is 0.952. The van der Waals surface area contributed by atoms with Crippen LogP contribution >= 0.6 is 0 Å². The molecule has 144 valence electrons. The number of carboxylic acids is 1. The molecule has 0 amide bonds. The Morgan fingerprint density at radius 1 is 0.792 bits per heavy atom. The van der Waals surface area contributed by atoms with Crippen LogP contribution in [0.3, 0.4) is 0 Å². The van der Waals surface area contributed by atoms with Gasteiger partial charge in [-0.1, -0.05) is 96.8 Å². The third-order valence-corrected chi connectivity index (χ3v) is 4.49. The average Bonchev–Trinajstić information content (AvgIpc) is 3.34. The lowest BCUT2D eigenvalue weighted by atomic mass is 10.0. The summed E-state index contributed by atoms with van der Waals surface area (Å²) in [5.74, 6) is -0.653. The number of hydrogen-bond acceptors (Lipinski definition) is 2. The molecular weight excluding hydrogens is 300 g/mol. The van der Waals surface area contributed by atoms with E-state index in [1.807, 2.05) is 0 Å². The molecule has 1 N–H and O–H groups in total. The highest BCUT2D eigenvalue weighted by Crippen LogP contribution is 2.13. The molecule has 0 aromatic heterocycles. The first-order chi connectivity index (χ1) is 11.7. The molecule has 1 heterocycles. The van der Waals surface area contributed by atoms with Gasteiger partial charge in [0.25, 0.3) is 0 Å². The van der Waals surface area contributed by atoms with Gasteiger partial charge in [0.05, 0.1) is 12.7 Å². The van der Waals surface area contributed by atoms with Crippen molar-refractivity contribution < 1.29 is 14.6 Å². The molecule has 0 aromatic carbocycles. The summed E-state index contributed by atoms with van der Waals surface area (Å²) in [5.41, 5.74) is 0. The zero-order valence-corrected chi connectivity index (χ0v) is 16.4. The molecule has 3 nitrogen and oxygen atoms in total. The van der Waals surface area contributed by atoms with E-state index in [2.05, 4.69) is 13.8 Å². The van der Waals surface area contributed by atoms with E-state index in [9.17, 15) is 4.79 Å². The summed E-state index contributed by atoms with van der Waals surface area (Å²) in [6.45, 7) is 5.31. The van der Waals surface area contributed by atoms with Gasteiger partial charge in [-0.25, -0.2) is 0 Å². The van der Waals surface area contributed by atoms with Gasteiger partial charge in [-0.3, -0.25) is 4.79 Å². The fourth-order valence-corrected chi connectivity index (χ4v) is 2.74. The molecule has 0 radical (unpaired) electrons. The summed E-state index contributed by atoms with van der Waals surface area (Å²) >= 11 is 0. The van der Waals surface area contributed by atoms with Crippen LogP contribution < -0.4 is 0 Å². The molecular formula is C21H42O3. The third kappa shape index (κ3) is 23.7. The van der Waals surface area contributed by atoms with E-state index in [0.29, 0.717) is 12.5 Å². The fourth-order valence-electron chi connectivity index (χ4n) is 2.74. The van der Waals surface area contributed by atoms with Crippen LogP contribution in [0.1, 0.15) is 117 Å². The molecule has 24 heavy (non-hydrogen) atoms. The van der Waals surface area contributed by atoms with Crippen molar-refractivity contribution in [2.45, 2.75) is 123 Å². The van der Waals surface area contributed by atoms with E-state index < -0.39 is 5.97 Å². The molecule has 0 spiro atoms. The van der Waals surface area contributed by atoms with Crippen LogP contribution in [0.15, 0.2) is 0 Å². The predicted molar refractivity (Wildman–Crippen MR) is 103 cm³/mol. The van der Waals surface area contributed by atoms with E-state index >= 15 is 0 Å². The maximum Gasteiger partial charge on any atom is 0.303 e. The Morgan fingerprint density at radius 3 is 1.33 bits per heavy atom. The number of rotatable bonds is 16. The van der Waals surface area contributed by atoms with Crippen LogP contribution in [-0.2, 0) is 9.53 Å². The Bertz CT molecular complexity index is 262. The van der Waals surface area contributed by atoms with Crippen LogP contribution in [0.5, 0.6) is 0 Å². The zero-order valence-electron chi connectivity index (χ0n) is 16.4. The standard InChI is InChI=1S/C18H36O2.C3H6O/c1-2-3-4-5-6-7-8-9-10-11-12-13-14-15-16-17-18(19)20;1-3-2-4-3/h2-17H2,1H3,(H,19,20);3H,2H2,1H3. The number of carboxylic acid groups (broad SMARTS) is 1. The van der Waals surface area contributed by atoms with Gasteiger partial charge in [0.1, 0.15) is 0 Å². The SMILES string of the molecule is CC1CO1.CCCCCCCCCCCCCCCCCC(=O)O. The summed E-state index contributed by atoms with van der Waals surface area (Å²) in [5, 5.41) is 8.52. The minimum Gasteiger partial charge on any atom is -0.481 e. The van der Waals surface area contributed by atoms with Crippen molar-refractivity contribution >= 4 is 5.97 Å². The first kappa shape index (κ1) is 23.4. The molecule has 0 aromatic rings. The van der Waals surface area contributed by atoms with Crippen LogP contribution in [-0.4, -0.2) is 23.8 Å². The maximum absolute atomic E-state index is 10.3. The van der Waals surface area contributed by atoms with Crippen LogP contribution in [0.4, 0.5) is 0 Å². The first-order valence-corrected chi connectivity index (χ1v) is 10.5. The van der Waals surface area contributed by atoms with E-state index in [4.69, 9.17) is 9.84 Å². The Labute approximate surface area is 150 Å². The van der Waals surface area contributed by atoms with Gasteiger partial charge in [0, 0.05) is 6.42 Å². The molecule has 1 saturated heterocycles. The lowest BCUT2D eigenvalue weighted by Crippen LogP contribution is -1.93. The van der Waals surface area contributed by atoms with Crippen molar-refractivity contribution in [1.82, 2.24) is 0 Å². The Hall–Kier alpha value is -0.570. The molecule has 0 bridgehead atoms. The van der Waals surface area contributed by atoms with E-state index in [1.54, 1.807) is 0 Å². The minimum atomic E-state index is -0.653. The van der Waals surface area contributed by atoms with Gasteiger partial charge in [0.2, 0.25) is 0 Å². The molecule has 1 fully saturated rings. The Kier molecular flexibility index (Phi) is 18.3. The highest BCUT2D eigenvalue weighted by Gasteiger charge is 2.13. The molecule has 1 atom stereocenters. The highest BCUT2D eigenvalue weighted by atomic mass is 16.6. The minimum absolute atomic E-state index is 0.345. The van der Waals surface area contributed by atoms with E-state index in [1.165, 1.54) is 83.5 Å². The first-order valence-electron chi connectivity index (χ1n) is 10.5. The summed E-state index contributed by atoms with van der Waals surface area (Å²) < 4.78 is 4.71. The number of unbranched alkanes of at least 4 members (excludes halogenated alkanes) is 14. The zero-order chi connectivity index (χ0) is 17.9. The number of ether oxygens (including phenoxy) is 1. The lowest BCUT2D eigenvalue weighted by Gasteiger charge is -2.03. The second-order valence-corrected chi connectivity index (χ2v) is 7.24. The van der Waals surface area contributed by atoms with Gasteiger partial charge < -0.3 is 9.84 Å². The van der Waals surface area contributed by atoms with Gasteiger partial charge in [-0.2, -0.15) is 0 Å². The molecule has 1 aliphatic heterocycles. The van der Waals surface area contributed by atoms with Crippen LogP contribution in [0, 0.1) is 0 Å². The molecule has 0 saturated carbocycles. The van der Waals surface area contributed by atoms with Crippen molar-refractivity contribution in [2.24, 2.45) is 0 Å². The second-order valence-electron chi connectivity index (χ2n) is 7.24. The molecule has 1 aliphatic rings. The summed E-state index contributed by atoms with van der Waals surface area (Å²) in [6.07, 6.45) is 20.8. The largest absolute Gasteiger partial charge is 0.481 e. The van der Waals surface area contributed by atoms with Crippen molar-refractivity contribution in [3.8, 4) is 0 Å². The van der Waals surface area contributed by atoms with E-state index in [0.717, 1.165) is 19.4 Å². The van der Waals surface area contributed by atoms with Crippen molar-refractivity contribution in [1.29, 1.82) is 0 Å². The molecule has 0 aliphatic carbocycles. The van der Waals surface area contributed by atoms with E-state index in [-0.39, 0.29) is 0 Å². The third-order valence-electron chi connectivity index (χ3n) is 4.49. The summed E-state index contributed by atoms with van der Waals surface area (Å²) in [6, 6.07) is 0. The van der Waals surface area contributed by atoms with Gasteiger partial charge in [-0.05, 0) is 13.3 Å². The smallest absolute Gasteiger partial charge is 0.303 e. The number of hydrogen-bond donors (Lipinski definition) is 1. The second kappa shape index (κ2) is 18.8. The number of aliphatic carboxylic acids is 1. The molecule has 1 unspecified atom stereocenters. The normalized spacial score (nSPS) is 15.7. The van der Waals surface area contributed by atoms with Crippen molar-refractivity contribution in [3.63, 3.8) is 0 Å². The summed E-state index contributed by atoms with van der Waals surface area (Å²) in [7, 11) is 0.